The first-order valence-corrected chi connectivity index (χ1v) is 14.6. The number of hydrogen-bond acceptors (Lipinski definition) is 4. The number of ether oxygens (including phenoxy) is 1. The molecular weight excluding hydrogens is 484 g/mol. The van der Waals surface area contributed by atoms with Crippen LogP contribution in [0, 0.1) is 5.92 Å². The summed E-state index contributed by atoms with van der Waals surface area (Å²) in [5, 5.41) is 6.88. The Hall–Kier alpha value is -3.22. The van der Waals surface area contributed by atoms with Gasteiger partial charge in [0.2, 0.25) is 0 Å². The molecule has 2 N–H and O–H groups in total. The summed E-state index contributed by atoms with van der Waals surface area (Å²) in [6.07, 6.45) is 10.1. The van der Waals surface area contributed by atoms with Gasteiger partial charge in [0, 0.05) is 18.9 Å². The van der Waals surface area contributed by atoms with Crippen molar-refractivity contribution >= 4 is 6.03 Å². The minimum absolute atomic E-state index is 0.000103. The molecule has 1 atom stereocenters. The lowest BCUT2D eigenvalue weighted by Gasteiger charge is -2.53. The maximum Gasteiger partial charge on any atom is 0.315 e. The fraction of sp³-hybridized carbons (Fsp3) is 0.455. The highest BCUT2D eigenvalue weighted by Gasteiger charge is 2.50. The van der Waals surface area contributed by atoms with Gasteiger partial charge in [-0.2, -0.15) is 0 Å². The number of nitrogens with one attached hydrogen (secondary N) is 2. The zero-order chi connectivity index (χ0) is 26.7. The maximum absolute atomic E-state index is 13.3. The van der Waals surface area contributed by atoms with E-state index in [9.17, 15) is 4.79 Å². The van der Waals surface area contributed by atoms with E-state index in [-0.39, 0.29) is 17.1 Å². The Kier molecular flexibility index (Phi) is 7.41. The Morgan fingerprint density at radius 3 is 2.23 bits per heavy atom. The van der Waals surface area contributed by atoms with E-state index in [0.29, 0.717) is 19.1 Å². The van der Waals surface area contributed by atoms with Gasteiger partial charge in [0.1, 0.15) is 0 Å². The van der Waals surface area contributed by atoms with Gasteiger partial charge in [0.25, 0.3) is 0 Å². The lowest BCUT2D eigenvalue weighted by atomic mass is 9.70. The van der Waals surface area contributed by atoms with Crippen LogP contribution in [0.4, 0.5) is 4.79 Å². The molecule has 4 heterocycles. The number of rotatable bonds is 10. The molecule has 3 aliphatic heterocycles. The van der Waals surface area contributed by atoms with Crippen LogP contribution in [0.25, 0.3) is 11.1 Å². The summed E-state index contributed by atoms with van der Waals surface area (Å²) >= 11 is 0. The largest absolute Gasteiger partial charge is 0.372 e. The Morgan fingerprint density at radius 2 is 1.64 bits per heavy atom. The Morgan fingerprint density at radius 1 is 0.949 bits per heavy atom. The van der Waals surface area contributed by atoms with E-state index in [2.05, 4.69) is 76.0 Å². The van der Waals surface area contributed by atoms with Crippen molar-refractivity contribution in [1.82, 2.24) is 20.5 Å². The summed E-state index contributed by atoms with van der Waals surface area (Å²) in [7, 11) is 0. The molecule has 6 heteroatoms. The molecular formula is C33H40N4O2. The molecule has 7 rings (SSSR count). The first-order valence-electron chi connectivity index (χ1n) is 14.6. The minimum Gasteiger partial charge on any atom is -0.372 e. The zero-order valence-corrected chi connectivity index (χ0v) is 23.0. The molecule has 39 heavy (non-hydrogen) atoms. The highest BCUT2D eigenvalue weighted by molar-refractivity contribution is 5.77. The second-order valence-electron chi connectivity index (χ2n) is 11.7. The third-order valence-electron chi connectivity index (χ3n) is 9.02. The molecule has 1 unspecified atom stereocenters. The Bertz CT molecular complexity index is 1250. The van der Waals surface area contributed by atoms with Gasteiger partial charge >= 0.3 is 6.03 Å². The standard InChI is InChI=1S/C33H40N4O2/c1-2-15-33(24-37-19-13-30(33)14-20-37)36-31(38)35-32(16-17-32)29-11-9-28(10-12-29)27-7-5-25(6-8-27)22-39-23-26-4-3-18-34-21-26/h3-12,18,21,30H,2,13-17,19-20,22-24H2,1H3,(H2,35,36,38). The monoisotopic (exact) mass is 524 g/mol. The van der Waals surface area contributed by atoms with E-state index in [1.165, 1.54) is 42.6 Å². The molecule has 204 valence electrons. The van der Waals surface area contributed by atoms with E-state index in [1.807, 2.05) is 18.3 Å². The van der Waals surface area contributed by atoms with Crippen LogP contribution in [0.5, 0.6) is 0 Å². The number of amides is 2. The average molecular weight is 525 g/mol. The summed E-state index contributed by atoms with van der Waals surface area (Å²) in [6, 6.07) is 21.2. The fourth-order valence-corrected chi connectivity index (χ4v) is 6.74. The van der Waals surface area contributed by atoms with E-state index in [0.717, 1.165) is 43.4 Å². The van der Waals surface area contributed by atoms with Crippen molar-refractivity contribution in [2.24, 2.45) is 5.92 Å². The van der Waals surface area contributed by atoms with E-state index >= 15 is 0 Å². The van der Waals surface area contributed by atoms with Crippen LogP contribution in [-0.4, -0.2) is 41.1 Å². The molecule has 1 saturated carbocycles. The van der Waals surface area contributed by atoms with Crippen molar-refractivity contribution in [2.75, 3.05) is 19.6 Å². The summed E-state index contributed by atoms with van der Waals surface area (Å²) in [5.74, 6) is 0.599. The predicted molar refractivity (Wildman–Crippen MR) is 154 cm³/mol. The van der Waals surface area contributed by atoms with Gasteiger partial charge in [-0.1, -0.05) is 67.9 Å². The molecule has 1 aromatic heterocycles. The number of carbonyl (C=O) groups excluding carboxylic acids is 1. The molecule has 6 nitrogen and oxygen atoms in total. The van der Waals surface area contributed by atoms with Crippen LogP contribution < -0.4 is 10.6 Å². The smallest absolute Gasteiger partial charge is 0.315 e. The van der Waals surface area contributed by atoms with Gasteiger partial charge in [0.15, 0.2) is 0 Å². The van der Waals surface area contributed by atoms with Crippen molar-refractivity contribution in [3.05, 3.63) is 89.7 Å². The predicted octanol–water partition coefficient (Wildman–Crippen LogP) is 6.02. The second-order valence-corrected chi connectivity index (χ2v) is 11.7. The minimum atomic E-state index is -0.237. The molecule has 3 saturated heterocycles. The van der Waals surface area contributed by atoms with Crippen molar-refractivity contribution in [2.45, 2.75) is 69.7 Å². The maximum atomic E-state index is 13.3. The van der Waals surface area contributed by atoms with Crippen LogP contribution in [0.1, 0.15) is 62.1 Å². The molecule has 1 aliphatic carbocycles. The van der Waals surface area contributed by atoms with E-state index in [1.54, 1.807) is 6.20 Å². The lowest BCUT2D eigenvalue weighted by molar-refractivity contribution is 0.00707. The third kappa shape index (κ3) is 5.73. The summed E-state index contributed by atoms with van der Waals surface area (Å²) in [5.41, 5.74) is 5.46. The van der Waals surface area contributed by atoms with Crippen molar-refractivity contribution in [3.63, 3.8) is 0 Å². The molecule has 3 aromatic rings. The van der Waals surface area contributed by atoms with Gasteiger partial charge in [-0.25, -0.2) is 4.79 Å². The van der Waals surface area contributed by atoms with Gasteiger partial charge in [-0.15, -0.1) is 0 Å². The summed E-state index contributed by atoms with van der Waals surface area (Å²) < 4.78 is 5.84. The topological polar surface area (TPSA) is 66.5 Å². The number of nitrogens with zero attached hydrogens (tertiary/aromatic N) is 2. The molecule has 4 fully saturated rings. The van der Waals surface area contributed by atoms with Gasteiger partial charge in [-0.3, -0.25) is 4.98 Å². The SMILES string of the molecule is CCCC1(NC(=O)NC2(c3ccc(-c4ccc(COCc5cccnc5)cc4)cc3)CC2)CN2CCC1CC2. The summed E-state index contributed by atoms with van der Waals surface area (Å²) in [4.78, 5) is 20.0. The Balaban J connectivity index is 1.05. The second kappa shape index (κ2) is 11.1. The Labute approximate surface area is 232 Å². The van der Waals surface area contributed by atoms with E-state index in [4.69, 9.17) is 4.74 Å². The summed E-state index contributed by atoms with van der Waals surface area (Å²) in [6.45, 7) is 6.72. The van der Waals surface area contributed by atoms with Crippen LogP contribution in [-0.2, 0) is 23.5 Å². The lowest BCUT2D eigenvalue weighted by Crippen LogP contribution is -2.68. The van der Waals surface area contributed by atoms with Crippen LogP contribution in [0.15, 0.2) is 73.1 Å². The highest BCUT2D eigenvalue weighted by Crippen LogP contribution is 2.46. The first kappa shape index (κ1) is 26.0. The quantitative estimate of drug-likeness (QED) is 0.340. The van der Waals surface area contributed by atoms with Gasteiger partial charge < -0.3 is 20.3 Å². The number of fused-ring (bicyclic) bond motifs is 3. The van der Waals surface area contributed by atoms with E-state index < -0.39 is 0 Å². The number of carbonyl (C=O) groups is 1. The van der Waals surface area contributed by atoms with Crippen molar-refractivity contribution in [1.29, 1.82) is 0 Å². The number of piperidine rings is 3. The van der Waals surface area contributed by atoms with Gasteiger partial charge in [0.05, 0.1) is 24.3 Å². The molecule has 0 spiro atoms. The molecule has 2 bridgehead atoms. The fourth-order valence-electron chi connectivity index (χ4n) is 6.74. The molecule has 4 aliphatic rings. The van der Waals surface area contributed by atoms with Gasteiger partial charge in [-0.05, 0) is 85.0 Å². The van der Waals surface area contributed by atoms with Crippen LogP contribution >= 0.6 is 0 Å². The number of aromatic nitrogens is 1. The third-order valence-corrected chi connectivity index (χ3v) is 9.02. The van der Waals surface area contributed by atoms with Crippen LogP contribution in [0.2, 0.25) is 0 Å². The molecule has 2 amide bonds. The van der Waals surface area contributed by atoms with Crippen LogP contribution in [0.3, 0.4) is 0 Å². The van der Waals surface area contributed by atoms with Crippen molar-refractivity contribution in [3.8, 4) is 11.1 Å². The normalized spacial score (nSPS) is 24.7. The number of pyridine rings is 1. The highest BCUT2D eigenvalue weighted by atomic mass is 16.5. The number of urea groups is 1. The molecule has 2 aromatic carbocycles. The number of benzene rings is 2. The molecule has 0 radical (unpaired) electrons. The first-order chi connectivity index (χ1) is 19.1. The van der Waals surface area contributed by atoms with Crippen molar-refractivity contribution < 1.29 is 9.53 Å². The zero-order valence-electron chi connectivity index (χ0n) is 23.0. The number of hydrogen-bond donors (Lipinski definition) is 2. The average Bonchev–Trinajstić information content (AvgIpc) is 3.75.